The Morgan fingerprint density at radius 1 is 0.875 bits per heavy atom. The molecule has 1 saturated heterocycles. The molecule has 0 saturated carbocycles. The first-order chi connectivity index (χ1) is 14.8. The lowest BCUT2D eigenvalue weighted by Gasteiger charge is -2.17. The second kappa shape index (κ2) is 8.32. The van der Waals surface area contributed by atoms with E-state index in [4.69, 9.17) is 0 Å². The number of benzene rings is 1. The average Bonchev–Trinajstić information content (AvgIpc) is 3.23. The highest BCUT2D eigenvalue weighted by molar-refractivity contribution is 6.05. The van der Waals surface area contributed by atoms with Crippen LogP contribution in [0.1, 0.15) is 44.7 Å². The first-order valence-corrected chi connectivity index (χ1v) is 9.38. The van der Waals surface area contributed by atoms with E-state index in [0.717, 1.165) is 23.5 Å². The van der Waals surface area contributed by atoms with Gasteiger partial charge in [0.1, 0.15) is 5.69 Å². The lowest BCUT2D eigenvalue weighted by atomic mass is 10.0. The number of nitrogens with one attached hydrogen (secondary N) is 1. The van der Waals surface area contributed by atoms with Crippen molar-refractivity contribution in [3.05, 3.63) is 63.1 Å². The molecule has 32 heavy (non-hydrogen) atoms. The van der Waals surface area contributed by atoms with Crippen molar-refractivity contribution in [2.45, 2.75) is 25.2 Å². The molecule has 0 bridgehead atoms. The third kappa shape index (κ3) is 4.94. The zero-order valence-electron chi connectivity index (χ0n) is 16.6. The van der Waals surface area contributed by atoms with Crippen molar-refractivity contribution >= 4 is 17.5 Å². The quantitative estimate of drug-likeness (QED) is 0.705. The number of carbonyl (C=O) groups is 2. The van der Waals surface area contributed by atoms with Crippen LogP contribution >= 0.6 is 0 Å². The van der Waals surface area contributed by atoms with Crippen molar-refractivity contribution in [1.29, 1.82) is 0 Å². The monoisotopic (exact) mass is 461 g/mol. The van der Waals surface area contributed by atoms with Gasteiger partial charge in [-0.15, -0.1) is 0 Å². The number of halogens is 6. The maximum absolute atomic E-state index is 13.0. The van der Waals surface area contributed by atoms with Gasteiger partial charge in [-0.3, -0.25) is 14.4 Å². The summed E-state index contributed by atoms with van der Waals surface area (Å²) in [5.74, 6) is -1.77. The molecule has 0 atom stereocenters. The van der Waals surface area contributed by atoms with Crippen molar-refractivity contribution in [3.63, 3.8) is 0 Å². The highest BCUT2D eigenvalue weighted by Crippen LogP contribution is 2.36. The predicted molar refractivity (Wildman–Crippen MR) is 101 cm³/mol. The van der Waals surface area contributed by atoms with Crippen LogP contribution in [0.15, 0.2) is 35.3 Å². The molecule has 3 rings (SSSR count). The van der Waals surface area contributed by atoms with Gasteiger partial charge in [-0.1, -0.05) is 0 Å². The third-order valence-electron chi connectivity index (χ3n) is 4.92. The van der Waals surface area contributed by atoms with Gasteiger partial charge in [-0.2, -0.15) is 26.3 Å². The van der Waals surface area contributed by atoms with Crippen LogP contribution in [-0.4, -0.2) is 34.4 Å². The first-order valence-electron chi connectivity index (χ1n) is 9.38. The number of likely N-dealkylation sites (tertiary alicyclic amines) is 1. The van der Waals surface area contributed by atoms with E-state index in [2.05, 4.69) is 0 Å². The van der Waals surface area contributed by atoms with Crippen LogP contribution in [-0.2, 0) is 19.4 Å². The Kier molecular flexibility index (Phi) is 6.07. The van der Waals surface area contributed by atoms with E-state index in [-0.39, 0.29) is 23.8 Å². The molecule has 1 fully saturated rings. The maximum atomic E-state index is 13.0. The summed E-state index contributed by atoms with van der Waals surface area (Å²) in [4.78, 5) is 38.9. The number of hydrogen-bond donors (Lipinski definition) is 1. The topological polar surface area (TPSA) is 71.4 Å². The number of aryl methyl sites for hydroxylation is 1. The Bertz CT molecular complexity index is 1080. The summed E-state index contributed by atoms with van der Waals surface area (Å²) >= 11 is 0. The van der Waals surface area contributed by atoms with Crippen LogP contribution in [0.4, 0.5) is 32.0 Å². The van der Waals surface area contributed by atoms with Crippen LogP contribution < -0.4 is 10.9 Å². The molecule has 1 aliphatic heterocycles. The van der Waals surface area contributed by atoms with Crippen molar-refractivity contribution in [3.8, 4) is 0 Å². The third-order valence-corrected chi connectivity index (χ3v) is 4.92. The van der Waals surface area contributed by atoms with Crippen LogP contribution in [0.5, 0.6) is 0 Å². The van der Waals surface area contributed by atoms with E-state index < -0.39 is 52.1 Å². The molecule has 0 unspecified atom stereocenters. The number of anilines is 1. The lowest BCUT2D eigenvalue weighted by molar-refractivity contribution is -0.143. The molecule has 1 aromatic heterocycles. The summed E-state index contributed by atoms with van der Waals surface area (Å²) in [5.41, 5.74) is -5.46. The summed E-state index contributed by atoms with van der Waals surface area (Å²) in [6.07, 6.45) is -7.41. The van der Waals surface area contributed by atoms with E-state index in [9.17, 15) is 40.7 Å². The van der Waals surface area contributed by atoms with Crippen molar-refractivity contribution in [2.75, 3.05) is 18.4 Å². The summed E-state index contributed by atoms with van der Waals surface area (Å²) in [5, 5.41) is 2.03. The number of pyridine rings is 1. The molecule has 1 aliphatic rings. The van der Waals surface area contributed by atoms with Crippen molar-refractivity contribution in [1.82, 2.24) is 9.47 Å². The Morgan fingerprint density at radius 2 is 1.41 bits per heavy atom. The van der Waals surface area contributed by atoms with Gasteiger partial charge >= 0.3 is 12.4 Å². The second-order valence-electron chi connectivity index (χ2n) is 7.31. The summed E-state index contributed by atoms with van der Waals surface area (Å²) in [7, 11) is 1.30. The molecule has 2 aromatic rings. The molecule has 2 amide bonds. The second-order valence-corrected chi connectivity index (χ2v) is 7.31. The van der Waals surface area contributed by atoms with E-state index in [1.807, 2.05) is 5.32 Å². The van der Waals surface area contributed by atoms with E-state index in [0.29, 0.717) is 13.1 Å². The number of aromatic nitrogens is 1. The molecular weight excluding hydrogens is 444 g/mol. The minimum atomic E-state index is -5.13. The van der Waals surface area contributed by atoms with Crippen molar-refractivity contribution < 1.29 is 35.9 Å². The molecule has 12 heteroatoms. The van der Waals surface area contributed by atoms with E-state index in [1.165, 1.54) is 18.1 Å². The van der Waals surface area contributed by atoms with Crippen LogP contribution in [0.25, 0.3) is 0 Å². The first kappa shape index (κ1) is 23.4. The number of hydrogen-bond acceptors (Lipinski definition) is 3. The van der Waals surface area contributed by atoms with Gasteiger partial charge in [0.25, 0.3) is 17.4 Å². The van der Waals surface area contributed by atoms with E-state index in [1.54, 1.807) is 0 Å². The molecule has 0 spiro atoms. The van der Waals surface area contributed by atoms with Crippen LogP contribution in [0, 0.1) is 0 Å². The molecule has 2 heterocycles. The van der Waals surface area contributed by atoms with Gasteiger partial charge in [-0.25, -0.2) is 0 Å². The fourth-order valence-electron chi connectivity index (χ4n) is 3.30. The van der Waals surface area contributed by atoms with Gasteiger partial charge in [0, 0.05) is 31.9 Å². The fourth-order valence-corrected chi connectivity index (χ4v) is 3.30. The summed E-state index contributed by atoms with van der Waals surface area (Å²) < 4.78 is 79.2. The number of rotatable bonds is 3. The highest BCUT2D eigenvalue weighted by atomic mass is 19.4. The Hall–Kier alpha value is -3.31. The molecule has 172 valence electrons. The largest absolute Gasteiger partial charge is 0.416 e. The SMILES string of the molecule is Cn1cc(C(=O)N2CCCC2)cc(NC(=O)c2cc(C(F)(F)F)cc(C(F)(F)F)c2)c1=O. The zero-order valence-corrected chi connectivity index (χ0v) is 16.6. The zero-order chi connectivity index (χ0) is 23.8. The normalized spacial score (nSPS) is 14.5. The average molecular weight is 461 g/mol. The van der Waals surface area contributed by atoms with Crippen molar-refractivity contribution in [2.24, 2.45) is 7.05 Å². The fraction of sp³-hybridized carbons (Fsp3) is 0.350. The minimum Gasteiger partial charge on any atom is -0.339 e. The van der Waals surface area contributed by atoms with Crippen LogP contribution in [0.3, 0.4) is 0 Å². The van der Waals surface area contributed by atoms with E-state index >= 15 is 0 Å². The minimum absolute atomic E-state index is 0.0457. The summed E-state index contributed by atoms with van der Waals surface area (Å²) in [6, 6.07) is 1.47. The Labute approximate surface area is 177 Å². The Balaban J connectivity index is 1.98. The van der Waals surface area contributed by atoms with Crippen LogP contribution in [0.2, 0.25) is 0 Å². The smallest absolute Gasteiger partial charge is 0.339 e. The molecular formula is C20H17F6N3O3. The van der Waals surface area contributed by atoms with Gasteiger partial charge in [-0.05, 0) is 37.1 Å². The number of carbonyl (C=O) groups excluding carboxylic acids is 2. The van der Waals surface area contributed by atoms with Gasteiger partial charge in [0.05, 0.1) is 16.7 Å². The summed E-state index contributed by atoms with van der Waals surface area (Å²) in [6.45, 7) is 1.02. The Morgan fingerprint density at radius 3 is 1.91 bits per heavy atom. The number of alkyl halides is 6. The number of amides is 2. The lowest BCUT2D eigenvalue weighted by Crippen LogP contribution is -2.31. The molecule has 6 nitrogen and oxygen atoms in total. The van der Waals surface area contributed by atoms with Gasteiger partial charge in [0.2, 0.25) is 0 Å². The van der Waals surface area contributed by atoms with Gasteiger partial charge < -0.3 is 14.8 Å². The standard InChI is InChI=1S/C20H17F6N3O3/c1-28-10-12(17(31)29-4-2-3-5-29)8-15(18(28)32)27-16(30)11-6-13(19(21,22)23)9-14(7-11)20(24,25)26/h6-10H,2-5H2,1H3,(H,27,30). The van der Waals surface area contributed by atoms with Gasteiger partial charge in [0.15, 0.2) is 0 Å². The molecule has 1 N–H and O–H groups in total. The predicted octanol–water partition coefficient (Wildman–Crippen LogP) is 3.91. The highest BCUT2D eigenvalue weighted by Gasteiger charge is 2.37. The molecule has 0 radical (unpaired) electrons. The molecule has 1 aromatic carbocycles. The molecule has 0 aliphatic carbocycles. The maximum Gasteiger partial charge on any atom is 0.416 e. The number of nitrogens with zero attached hydrogens (tertiary/aromatic N) is 2.